The molecule has 0 saturated heterocycles. The van der Waals surface area contributed by atoms with Crippen molar-refractivity contribution in [2.24, 2.45) is 11.7 Å². The van der Waals surface area contributed by atoms with Gasteiger partial charge in [0.1, 0.15) is 5.82 Å². The maximum Gasteiger partial charge on any atom is 0.137 e. The maximum atomic E-state index is 13.3. The summed E-state index contributed by atoms with van der Waals surface area (Å²) in [6.45, 7) is 2.25. The van der Waals surface area contributed by atoms with Crippen LogP contribution in [0.1, 0.15) is 57.4 Å². The Labute approximate surface area is 130 Å². The number of rotatable bonds is 5. The van der Waals surface area contributed by atoms with E-state index in [-0.39, 0.29) is 11.4 Å². The number of unbranched alkanes of at least 4 members (excludes halogenated alkanes) is 1. The van der Waals surface area contributed by atoms with E-state index < -0.39 is 0 Å². The highest BCUT2D eigenvalue weighted by atomic mass is 79.9. The van der Waals surface area contributed by atoms with Crippen LogP contribution in [0, 0.1) is 11.7 Å². The molecule has 0 aromatic heterocycles. The molecule has 0 aliphatic heterocycles. The van der Waals surface area contributed by atoms with E-state index in [2.05, 4.69) is 22.9 Å². The number of nitrogens with two attached hydrogens (primary N) is 1. The summed E-state index contributed by atoms with van der Waals surface area (Å²) in [5.74, 6) is 0.662. The van der Waals surface area contributed by atoms with Gasteiger partial charge in [-0.15, -0.1) is 0 Å². The van der Waals surface area contributed by atoms with Crippen LogP contribution in [0.4, 0.5) is 4.39 Å². The van der Waals surface area contributed by atoms with Gasteiger partial charge in [-0.2, -0.15) is 0 Å². The maximum absolute atomic E-state index is 13.3. The molecule has 0 atom stereocenters. The van der Waals surface area contributed by atoms with Crippen LogP contribution >= 0.6 is 15.9 Å². The molecule has 3 heteroatoms. The molecule has 1 nitrogen and oxygen atoms in total. The van der Waals surface area contributed by atoms with Gasteiger partial charge in [0.2, 0.25) is 0 Å². The third-order valence-corrected chi connectivity index (χ3v) is 5.21. The van der Waals surface area contributed by atoms with Gasteiger partial charge in [-0.1, -0.05) is 32.3 Å². The first-order valence-electron chi connectivity index (χ1n) is 7.75. The fourth-order valence-corrected chi connectivity index (χ4v) is 3.69. The Balaban J connectivity index is 1.91. The van der Waals surface area contributed by atoms with Crippen LogP contribution in [0.5, 0.6) is 0 Å². The van der Waals surface area contributed by atoms with Gasteiger partial charge in [0, 0.05) is 5.54 Å². The summed E-state index contributed by atoms with van der Waals surface area (Å²) in [5, 5.41) is 0. The van der Waals surface area contributed by atoms with E-state index in [4.69, 9.17) is 5.73 Å². The summed E-state index contributed by atoms with van der Waals surface area (Å²) in [6.07, 6.45) is 9.52. The van der Waals surface area contributed by atoms with Crippen LogP contribution < -0.4 is 5.73 Å². The monoisotopic (exact) mass is 341 g/mol. The van der Waals surface area contributed by atoms with Crippen molar-refractivity contribution in [2.75, 3.05) is 0 Å². The molecule has 0 amide bonds. The Kier molecular flexibility index (Phi) is 5.62. The van der Waals surface area contributed by atoms with Gasteiger partial charge in [-0.3, -0.25) is 0 Å². The summed E-state index contributed by atoms with van der Waals surface area (Å²) in [7, 11) is 0. The predicted molar refractivity (Wildman–Crippen MR) is 86.2 cm³/mol. The minimum Gasteiger partial charge on any atom is -0.325 e. The van der Waals surface area contributed by atoms with Gasteiger partial charge >= 0.3 is 0 Å². The number of halogens is 2. The third-order valence-electron chi connectivity index (χ3n) is 4.61. The Bertz CT molecular complexity index is 439. The van der Waals surface area contributed by atoms with Crippen molar-refractivity contribution in [3.63, 3.8) is 0 Å². The topological polar surface area (TPSA) is 26.0 Å². The molecule has 0 unspecified atom stereocenters. The van der Waals surface area contributed by atoms with Gasteiger partial charge in [0.25, 0.3) is 0 Å². The van der Waals surface area contributed by atoms with Gasteiger partial charge in [-0.25, -0.2) is 4.39 Å². The number of benzene rings is 1. The Hall–Kier alpha value is -0.410. The van der Waals surface area contributed by atoms with Crippen molar-refractivity contribution < 1.29 is 4.39 Å². The smallest absolute Gasteiger partial charge is 0.137 e. The zero-order valence-electron chi connectivity index (χ0n) is 12.3. The molecule has 112 valence electrons. The second-order valence-electron chi connectivity index (χ2n) is 6.37. The van der Waals surface area contributed by atoms with E-state index in [0.717, 1.165) is 30.7 Å². The molecule has 20 heavy (non-hydrogen) atoms. The zero-order chi connectivity index (χ0) is 14.6. The van der Waals surface area contributed by atoms with Crippen LogP contribution in [-0.2, 0) is 6.42 Å². The molecule has 1 fully saturated rings. The molecule has 0 spiro atoms. The predicted octanol–water partition coefficient (Wildman–Crippen LogP) is 5.21. The molecular formula is C17H25BrFN. The van der Waals surface area contributed by atoms with Crippen LogP contribution in [0.3, 0.4) is 0 Å². The van der Waals surface area contributed by atoms with Crippen molar-refractivity contribution in [1.82, 2.24) is 0 Å². The fourth-order valence-electron chi connectivity index (χ4n) is 3.27. The molecule has 0 bridgehead atoms. The minimum absolute atomic E-state index is 0.0972. The van der Waals surface area contributed by atoms with E-state index >= 15 is 0 Å². The average molecular weight is 342 g/mol. The highest BCUT2D eigenvalue weighted by Crippen LogP contribution is 2.35. The summed E-state index contributed by atoms with van der Waals surface area (Å²) >= 11 is 3.25. The third kappa shape index (κ3) is 4.29. The minimum atomic E-state index is -0.205. The van der Waals surface area contributed by atoms with E-state index in [1.807, 2.05) is 12.1 Å². The number of hydrogen-bond donors (Lipinski definition) is 1. The summed E-state index contributed by atoms with van der Waals surface area (Å²) in [5.41, 5.74) is 7.60. The lowest BCUT2D eigenvalue weighted by atomic mass is 9.73. The normalized spacial score (nSPS) is 26.7. The first-order chi connectivity index (χ1) is 9.52. The molecule has 1 aromatic carbocycles. The van der Waals surface area contributed by atoms with Crippen molar-refractivity contribution >= 4 is 15.9 Å². The summed E-state index contributed by atoms with van der Waals surface area (Å²) < 4.78 is 13.8. The van der Waals surface area contributed by atoms with Crippen molar-refractivity contribution in [1.29, 1.82) is 0 Å². The van der Waals surface area contributed by atoms with Crippen LogP contribution in [0.15, 0.2) is 22.7 Å². The fraction of sp³-hybridized carbons (Fsp3) is 0.647. The lowest BCUT2D eigenvalue weighted by Gasteiger charge is -2.37. The number of hydrogen-bond acceptors (Lipinski definition) is 1. The van der Waals surface area contributed by atoms with Crippen LogP contribution in [0.2, 0.25) is 0 Å². The molecule has 2 rings (SSSR count). The molecule has 0 radical (unpaired) electrons. The summed E-state index contributed by atoms with van der Waals surface area (Å²) in [6, 6.07) is 5.25. The quantitative estimate of drug-likeness (QED) is 0.781. The Morgan fingerprint density at radius 2 is 2.05 bits per heavy atom. The molecule has 1 aromatic rings. The van der Waals surface area contributed by atoms with Gasteiger partial charge in [-0.05, 0) is 71.6 Å². The molecular weight excluding hydrogens is 317 g/mol. The molecule has 1 aliphatic carbocycles. The Morgan fingerprint density at radius 3 is 2.65 bits per heavy atom. The van der Waals surface area contributed by atoms with Gasteiger partial charge in [0.15, 0.2) is 0 Å². The molecule has 0 heterocycles. The van der Waals surface area contributed by atoms with E-state index in [1.54, 1.807) is 0 Å². The van der Waals surface area contributed by atoms with Crippen LogP contribution in [0.25, 0.3) is 0 Å². The van der Waals surface area contributed by atoms with Gasteiger partial charge < -0.3 is 5.73 Å². The van der Waals surface area contributed by atoms with Crippen molar-refractivity contribution in [2.45, 2.75) is 63.8 Å². The second-order valence-corrected chi connectivity index (χ2v) is 7.23. The largest absolute Gasteiger partial charge is 0.325 e. The molecule has 1 saturated carbocycles. The van der Waals surface area contributed by atoms with Gasteiger partial charge in [0.05, 0.1) is 4.47 Å². The molecule has 1 aliphatic rings. The van der Waals surface area contributed by atoms with Crippen LogP contribution in [-0.4, -0.2) is 5.54 Å². The Morgan fingerprint density at radius 1 is 1.35 bits per heavy atom. The molecule has 2 N–H and O–H groups in total. The lowest BCUT2D eigenvalue weighted by Crippen LogP contribution is -2.45. The standard InChI is InChI=1S/C17H25BrFN/c1-2-3-4-13-7-9-17(20,10-8-13)12-14-5-6-16(19)15(18)11-14/h5-6,11,13H,2-4,7-10,12,20H2,1H3. The van der Waals surface area contributed by atoms with Crippen molar-refractivity contribution in [3.8, 4) is 0 Å². The van der Waals surface area contributed by atoms with E-state index in [0.29, 0.717) is 4.47 Å². The first kappa shape index (κ1) is 16.0. The van der Waals surface area contributed by atoms with E-state index in [9.17, 15) is 4.39 Å². The highest BCUT2D eigenvalue weighted by Gasteiger charge is 2.31. The lowest BCUT2D eigenvalue weighted by molar-refractivity contribution is 0.221. The highest BCUT2D eigenvalue weighted by molar-refractivity contribution is 9.10. The first-order valence-corrected chi connectivity index (χ1v) is 8.54. The second kappa shape index (κ2) is 7.04. The van der Waals surface area contributed by atoms with E-state index in [1.165, 1.54) is 38.2 Å². The average Bonchev–Trinajstić information content (AvgIpc) is 2.42. The summed E-state index contributed by atoms with van der Waals surface area (Å²) in [4.78, 5) is 0. The van der Waals surface area contributed by atoms with Crippen molar-refractivity contribution in [3.05, 3.63) is 34.1 Å². The SMILES string of the molecule is CCCCC1CCC(N)(Cc2ccc(F)c(Br)c2)CC1. The zero-order valence-corrected chi connectivity index (χ0v) is 13.9.